The summed E-state index contributed by atoms with van der Waals surface area (Å²) in [6.45, 7) is 1.80. The molecule has 0 spiro atoms. The fourth-order valence-electron chi connectivity index (χ4n) is 2.48. The number of hydrogen-bond donors (Lipinski definition) is 1. The summed E-state index contributed by atoms with van der Waals surface area (Å²) in [5, 5.41) is 11.6. The highest BCUT2D eigenvalue weighted by molar-refractivity contribution is 8.00. The van der Waals surface area contributed by atoms with Crippen molar-refractivity contribution in [2.45, 2.75) is 24.0 Å². The van der Waals surface area contributed by atoms with Gasteiger partial charge in [-0.05, 0) is 31.2 Å². The summed E-state index contributed by atoms with van der Waals surface area (Å²) in [6.07, 6.45) is -4.62. The molecule has 1 amide bonds. The van der Waals surface area contributed by atoms with Crippen LogP contribution in [-0.2, 0) is 11.0 Å². The van der Waals surface area contributed by atoms with Crippen molar-refractivity contribution < 1.29 is 22.7 Å². The van der Waals surface area contributed by atoms with E-state index >= 15 is 0 Å². The number of nitrogens with one attached hydrogen (secondary N) is 1. The van der Waals surface area contributed by atoms with Crippen LogP contribution in [0.15, 0.2) is 47.4 Å². The van der Waals surface area contributed by atoms with Gasteiger partial charge in [0, 0.05) is 10.5 Å². The van der Waals surface area contributed by atoms with E-state index in [0.29, 0.717) is 5.75 Å². The third-order valence-corrected chi connectivity index (χ3v) is 4.76. The van der Waals surface area contributed by atoms with E-state index in [1.165, 1.54) is 19.2 Å². The van der Waals surface area contributed by atoms with Crippen LogP contribution in [0.3, 0.4) is 0 Å². The molecule has 4 nitrogen and oxygen atoms in total. The van der Waals surface area contributed by atoms with Gasteiger partial charge in [-0.25, -0.2) is 0 Å². The van der Waals surface area contributed by atoms with Crippen molar-refractivity contribution in [3.05, 3.63) is 59.2 Å². The third-order valence-electron chi connectivity index (χ3n) is 3.77. The second kappa shape index (κ2) is 8.82. The van der Waals surface area contributed by atoms with Gasteiger partial charge in [0.2, 0.25) is 5.91 Å². The molecule has 0 aliphatic rings. The average molecular weight is 394 g/mol. The van der Waals surface area contributed by atoms with E-state index in [2.05, 4.69) is 5.32 Å². The van der Waals surface area contributed by atoms with Crippen LogP contribution >= 0.6 is 11.8 Å². The van der Waals surface area contributed by atoms with E-state index in [-0.39, 0.29) is 22.6 Å². The molecule has 27 heavy (non-hydrogen) atoms. The van der Waals surface area contributed by atoms with E-state index in [1.54, 1.807) is 13.0 Å². The normalized spacial score (nSPS) is 12.1. The first-order valence-electron chi connectivity index (χ1n) is 7.92. The Balaban J connectivity index is 2.03. The number of nitrogens with zero attached hydrogens (tertiary/aromatic N) is 1. The lowest BCUT2D eigenvalue weighted by Crippen LogP contribution is -2.28. The molecule has 142 valence electrons. The van der Waals surface area contributed by atoms with E-state index in [9.17, 15) is 18.0 Å². The van der Waals surface area contributed by atoms with Crippen LogP contribution in [-0.4, -0.2) is 18.8 Å². The molecule has 0 saturated heterocycles. The Kier molecular flexibility index (Phi) is 6.75. The van der Waals surface area contributed by atoms with Crippen LogP contribution in [0.1, 0.15) is 29.7 Å². The molecular weight excluding hydrogens is 377 g/mol. The van der Waals surface area contributed by atoms with E-state index < -0.39 is 17.3 Å². The quantitative estimate of drug-likeness (QED) is 0.730. The predicted molar refractivity (Wildman–Crippen MR) is 96.4 cm³/mol. The molecule has 8 heteroatoms. The van der Waals surface area contributed by atoms with Gasteiger partial charge in [0.15, 0.2) is 0 Å². The minimum absolute atomic E-state index is 0.0529. The molecule has 0 aliphatic heterocycles. The number of rotatable bonds is 6. The molecule has 0 aromatic heterocycles. The van der Waals surface area contributed by atoms with Crippen LogP contribution in [0.2, 0.25) is 0 Å². The van der Waals surface area contributed by atoms with E-state index in [0.717, 1.165) is 29.5 Å². The highest BCUT2D eigenvalue weighted by atomic mass is 32.2. The van der Waals surface area contributed by atoms with Gasteiger partial charge in [-0.15, -0.1) is 11.8 Å². The molecule has 2 aromatic rings. The maximum absolute atomic E-state index is 13.0. The van der Waals surface area contributed by atoms with E-state index in [4.69, 9.17) is 10.00 Å². The number of benzene rings is 2. The molecule has 0 bridgehead atoms. The Labute approximate surface area is 159 Å². The van der Waals surface area contributed by atoms with Gasteiger partial charge in [0.1, 0.15) is 5.75 Å². The Morgan fingerprint density at radius 3 is 2.63 bits per heavy atom. The van der Waals surface area contributed by atoms with Gasteiger partial charge in [0.05, 0.1) is 36.1 Å². The summed E-state index contributed by atoms with van der Waals surface area (Å²) in [7, 11) is 1.53. The Morgan fingerprint density at radius 2 is 2.00 bits per heavy atom. The average Bonchev–Trinajstić information content (AvgIpc) is 2.65. The number of para-hydroxylation sites is 1. The SMILES string of the molecule is COc1ccccc1[C@@H](C)NC(=O)CSc1ccc(C#N)c(C(F)(F)F)c1. The van der Waals surface area contributed by atoms with Gasteiger partial charge in [-0.2, -0.15) is 18.4 Å². The van der Waals surface area contributed by atoms with Crippen LogP contribution in [0, 0.1) is 11.3 Å². The summed E-state index contributed by atoms with van der Waals surface area (Å²) in [4.78, 5) is 12.4. The van der Waals surface area contributed by atoms with Gasteiger partial charge in [-0.1, -0.05) is 18.2 Å². The minimum Gasteiger partial charge on any atom is -0.496 e. The molecule has 0 heterocycles. The molecule has 1 atom stereocenters. The second-order valence-corrected chi connectivity index (χ2v) is 6.69. The number of halogens is 3. The fourth-order valence-corrected chi connectivity index (χ4v) is 3.23. The van der Waals surface area contributed by atoms with Crippen molar-refractivity contribution in [1.82, 2.24) is 5.32 Å². The number of alkyl halides is 3. The zero-order valence-electron chi connectivity index (χ0n) is 14.6. The highest BCUT2D eigenvalue weighted by Gasteiger charge is 2.33. The van der Waals surface area contributed by atoms with Gasteiger partial charge in [0.25, 0.3) is 0 Å². The number of carbonyl (C=O) groups is 1. The molecule has 0 aliphatic carbocycles. The molecule has 2 aromatic carbocycles. The number of carbonyl (C=O) groups excluding carboxylic acids is 1. The predicted octanol–water partition coefficient (Wildman–Crippen LogP) is 4.56. The van der Waals surface area contributed by atoms with Gasteiger partial charge < -0.3 is 10.1 Å². The number of hydrogen-bond acceptors (Lipinski definition) is 4. The maximum Gasteiger partial charge on any atom is 0.417 e. The molecule has 0 unspecified atom stereocenters. The number of ether oxygens (including phenoxy) is 1. The Hall–Kier alpha value is -2.66. The van der Waals surface area contributed by atoms with E-state index in [1.807, 2.05) is 18.2 Å². The first-order valence-corrected chi connectivity index (χ1v) is 8.91. The smallest absolute Gasteiger partial charge is 0.417 e. The number of methoxy groups -OCH3 is 1. The first kappa shape index (κ1) is 20.6. The number of nitriles is 1. The third kappa shape index (κ3) is 5.41. The maximum atomic E-state index is 13.0. The van der Waals surface area contributed by atoms with Crippen LogP contribution in [0.25, 0.3) is 0 Å². The molecule has 1 N–H and O–H groups in total. The van der Waals surface area contributed by atoms with Gasteiger partial charge in [-0.3, -0.25) is 4.79 Å². The molecule has 0 radical (unpaired) electrons. The van der Waals surface area contributed by atoms with Crippen LogP contribution in [0.5, 0.6) is 5.75 Å². The van der Waals surface area contributed by atoms with Crippen molar-refractivity contribution in [1.29, 1.82) is 5.26 Å². The lowest BCUT2D eigenvalue weighted by atomic mass is 10.1. The first-order chi connectivity index (χ1) is 12.8. The van der Waals surface area contributed by atoms with Crippen LogP contribution < -0.4 is 10.1 Å². The summed E-state index contributed by atoms with van der Waals surface area (Å²) < 4.78 is 44.2. The van der Waals surface area contributed by atoms with Crippen molar-refractivity contribution in [2.75, 3.05) is 12.9 Å². The standard InChI is InChI=1S/C19H17F3N2O2S/c1-12(15-5-3-4-6-17(15)26-2)24-18(25)11-27-14-8-7-13(10-23)16(9-14)19(20,21)22/h3-9,12H,11H2,1-2H3,(H,24,25)/t12-/m1/s1. The molecule has 0 fully saturated rings. The van der Waals surface area contributed by atoms with Crippen molar-refractivity contribution in [3.63, 3.8) is 0 Å². The summed E-state index contributed by atoms with van der Waals surface area (Å²) in [5.74, 6) is 0.263. The van der Waals surface area contributed by atoms with Gasteiger partial charge >= 0.3 is 6.18 Å². The number of amides is 1. The fraction of sp³-hybridized carbons (Fsp3) is 0.263. The Bertz CT molecular complexity index is 863. The zero-order chi connectivity index (χ0) is 20.0. The minimum atomic E-state index is -4.62. The lowest BCUT2D eigenvalue weighted by molar-refractivity contribution is -0.137. The highest BCUT2D eigenvalue weighted by Crippen LogP contribution is 2.34. The topological polar surface area (TPSA) is 62.1 Å². The van der Waals surface area contributed by atoms with Crippen molar-refractivity contribution >= 4 is 17.7 Å². The zero-order valence-corrected chi connectivity index (χ0v) is 15.4. The van der Waals surface area contributed by atoms with Crippen molar-refractivity contribution in [3.8, 4) is 11.8 Å². The molecule has 2 rings (SSSR count). The van der Waals surface area contributed by atoms with Crippen molar-refractivity contribution in [2.24, 2.45) is 0 Å². The monoisotopic (exact) mass is 394 g/mol. The summed E-state index contributed by atoms with van der Waals surface area (Å²) >= 11 is 0.972. The molecular formula is C19H17F3N2O2S. The lowest BCUT2D eigenvalue weighted by Gasteiger charge is -2.17. The summed E-state index contributed by atoms with van der Waals surface area (Å²) in [5.41, 5.74) is -0.644. The Morgan fingerprint density at radius 1 is 1.30 bits per heavy atom. The number of thioether (sulfide) groups is 1. The molecule has 0 saturated carbocycles. The summed E-state index contributed by atoms with van der Waals surface area (Å²) in [6, 6.07) is 11.9. The second-order valence-electron chi connectivity index (χ2n) is 5.64. The van der Waals surface area contributed by atoms with Crippen LogP contribution in [0.4, 0.5) is 13.2 Å². The largest absolute Gasteiger partial charge is 0.496 e.